The third-order valence-electron chi connectivity index (χ3n) is 4.56. The van der Waals surface area contributed by atoms with Crippen LogP contribution < -0.4 is 9.47 Å². The molecule has 1 heterocycles. The van der Waals surface area contributed by atoms with Crippen molar-refractivity contribution < 1.29 is 9.47 Å². The van der Waals surface area contributed by atoms with E-state index in [0.29, 0.717) is 13.2 Å². The van der Waals surface area contributed by atoms with Gasteiger partial charge in [-0.3, -0.25) is 0 Å². The van der Waals surface area contributed by atoms with E-state index in [1.54, 1.807) is 11.3 Å². The molecule has 0 amide bonds. The summed E-state index contributed by atoms with van der Waals surface area (Å²) in [6.07, 6.45) is 12.9. The standard InChI is InChI=1S/C26H30N2O2S/c1-3-5-7-9-19-29-23-15-11-21(12-16-23)25-27-28-26(31-25)22-13-17-24(18-14-22)30-20-10-8-6-4-2/h7-18H,3-6,19-20H2,1-2H3/b9-7+,10-8+. The molecular formula is C26H30N2O2S. The van der Waals surface area contributed by atoms with Crippen molar-refractivity contribution in [3.63, 3.8) is 0 Å². The molecule has 162 valence electrons. The van der Waals surface area contributed by atoms with E-state index >= 15 is 0 Å². The highest BCUT2D eigenvalue weighted by Gasteiger charge is 2.09. The fourth-order valence-electron chi connectivity index (χ4n) is 2.84. The molecule has 4 nitrogen and oxygen atoms in total. The van der Waals surface area contributed by atoms with E-state index < -0.39 is 0 Å². The number of rotatable bonds is 12. The lowest BCUT2D eigenvalue weighted by Gasteiger charge is -2.04. The van der Waals surface area contributed by atoms with Crippen LogP contribution in [0.25, 0.3) is 21.1 Å². The maximum absolute atomic E-state index is 5.74. The van der Waals surface area contributed by atoms with Crippen molar-refractivity contribution in [2.24, 2.45) is 0 Å². The number of hydrogen-bond acceptors (Lipinski definition) is 5. The molecule has 0 N–H and O–H groups in total. The third kappa shape index (κ3) is 7.37. The Bertz CT molecular complexity index is 882. The molecule has 0 aliphatic heterocycles. The van der Waals surface area contributed by atoms with Gasteiger partial charge in [-0.2, -0.15) is 0 Å². The van der Waals surface area contributed by atoms with Gasteiger partial charge in [-0.1, -0.05) is 62.3 Å². The van der Waals surface area contributed by atoms with E-state index in [1.165, 1.54) is 0 Å². The molecule has 0 atom stereocenters. The number of hydrogen-bond donors (Lipinski definition) is 0. The molecule has 0 radical (unpaired) electrons. The van der Waals surface area contributed by atoms with Gasteiger partial charge in [0.1, 0.15) is 34.7 Å². The van der Waals surface area contributed by atoms with E-state index in [2.05, 4.69) is 48.3 Å². The Morgan fingerprint density at radius 2 is 1.06 bits per heavy atom. The van der Waals surface area contributed by atoms with Crippen LogP contribution >= 0.6 is 11.3 Å². The Hall–Kier alpha value is -2.92. The highest BCUT2D eigenvalue weighted by molar-refractivity contribution is 7.17. The van der Waals surface area contributed by atoms with Gasteiger partial charge in [-0.05, 0) is 61.4 Å². The summed E-state index contributed by atoms with van der Waals surface area (Å²) in [7, 11) is 0. The Balaban J connectivity index is 1.56. The first-order valence-electron chi connectivity index (χ1n) is 10.9. The predicted molar refractivity (Wildman–Crippen MR) is 130 cm³/mol. The summed E-state index contributed by atoms with van der Waals surface area (Å²) in [5, 5.41) is 10.5. The molecule has 2 aromatic carbocycles. The zero-order valence-corrected chi connectivity index (χ0v) is 19.1. The summed E-state index contributed by atoms with van der Waals surface area (Å²) in [6.45, 7) is 5.52. The minimum Gasteiger partial charge on any atom is -0.490 e. The number of benzene rings is 2. The smallest absolute Gasteiger partial charge is 0.148 e. The van der Waals surface area contributed by atoms with Crippen molar-refractivity contribution >= 4 is 11.3 Å². The van der Waals surface area contributed by atoms with Gasteiger partial charge >= 0.3 is 0 Å². The fourth-order valence-corrected chi connectivity index (χ4v) is 3.69. The summed E-state index contributed by atoms with van der Waals surface area (Å²) in [5.41, 5.74) is 2.08. The van der Waals surface area contributed by atoms with Crippen LogP contribution in [0.2, 0.25) is 0 Å². The van der Waals surface area contributed by atoms with E-state index in [-0.39, 0.29) is 0 Å². The van der Waals surface area contributed by atoms with E-state index in [9.17, 15) is 0 Å². The van der Waals surface area contributed by atoms with Crippen molar-refractivity contribution in [2.45, 2.75) is 39.5 Å². The lowest BCUT2D eigenvalue weighted by molar-refractivity contribution is 0.362. The van der Waals surface area contributed by atoms with Gasteiger partial charge in [-0.15, -0.1) is 10.2 Å². The van der Waals surface area contributed by atoms with Crippen LogP contribution in [-0.2, 0) is 0 Å². The van der Waals surface area contributed by atoms with Crippen LogP contribution in [0.5, 0.6) is 11.5 Å². The zero-order chi connectivity index (χ0) is 21.7. The molecule has 0 bridgehead atoms. The first kappa shape index (κ1) is 22.8. The van der Waals surface area contributed by atoms with Crippen LogP contribution in [-0.4, -0.2) is 23.4 Å². The fraction of sp³-hybridized carbons (Fsp3) is 0.308. The molecule has 0 spiro atoms. The largest absolute Gasteiger partial charge is 0.490 e. The molecule has 0 saturated heterocycles. The molecule has 0 saturated carbocycles. The SMILES string of the molecule is CCC/C=C/COc1ccc(-c2nnc(-c3ccc(OC/C=C/CCC)cc3)s2)cc1. The molecule has 0 fully saturated rings. The molecule has 0 unspecified atom stereocenters. The summed E-state index contributed by atoms with van der Waals surface area (Å²) in [5.74, 6) is 1.71. The second-order valence-corrected chi connectivity index (χ2v) is 8.08. The van der Waals surface area contributed by atoms with Gasteiger partial charge < -0.3 is 9.47 Å². The zero-order valence-electron chi connectivity index (χ0n) is 18.3. The maximum Gasteiger partial charge on any atom is 0.148 e. The average molecular weight is 435 g/mol. The van der Waals surface area contributed by atoms with Gasteiger partial charge in [0.25, 0.3) is 0 Å². The van der Waals surface area contributed by atoms with Crippen LogP contribution in [0.4, 0.5) is 0 Å². The van der Waals surface area contributed by atoms with Crippen LogP contribution in [0.15, 0.2) is 72.8 Å². The van der Waals surface area contributed by atoms with Crippen LogP contribution in [0, 0.1) is 0 Å². The highest BCUT2D eigenvalue weighted by Crippen LogP contribution is 2.31. The van der Waals surface area contributed by atoms with Gasteiger partial charge in [0.05, 0.1) is 0 Å². The van der Waals surface area contributed by atoms with Crippen molar-refractivity contribution in [1.29, 1.82) is 0 Å². The second-order valence-electron chi connectivity index (χ2n) is 7.10. The van der Waals surface area contributed by atoms with Gasteiger partial charge in [0.2, 0.25) is 0 Å². The van der Waals surface area contributed by atoms with Gasteiger partial charge in [0, 0.05) is 11.1 Å². The van der Waals surface area contributed by atoms with E-state index in [4.69, 9.17) is 9.47 Å². The summed E-state index contributed by atoms with van der Waals surface area (Å²) in [6, 6.07) is 16.0. The second kappa shape index (κ2) is 12.7. The number of unbranched alkanes of at least 4 members (excludes halogenated alkanes) is 2. The predicted octanol–water partition coefficient (Wildman–Crippen LogP) is 7.34. The Morgan fingerprint density at radius 3 is 1.45 bits per heavy atom. The lowest BCUT2D eigenvalue weighted by Crippen LogP contribution is -1.92. The number of ether oxygens (including phenoxy) is 2. The highest BCUT2D eigenvalue weighted by atomic mass is 32.1. The van der Waals surface area contributed by atoms with Crippen LogP contribution in [0.1, 0.15) is 39.5 Å². The molecule has 0 aliphatic carbocycles. The Labute approximate surface area is 189 Å². The molecule has 5 heteroatoms. The molecule has 31 heavy (non-hydrogen) atoms. The summed E-state index contributed by atoms with van der Waals surface area (Å²) < 4.78 is 11.5. The monoisotopic (exact) mass is 434 g/mol. The van der Waals surface area contributed by atoms with Gasteiger partial charge in [0.15, 0.2) is 0 Å². The van der Waals surface area contributed by atoms with Crippen LogP contribution in [0.3, 0.4) is 0 Å². The first-order chi connectivity index (χ1) is 15.3. The molecule has 0 aliphatic rings. The third-order valence-corrected chi connectivity index (χ3v) is 5.59. The topological polar surface area (TPSA) is 44.2 Å². The number of nitrogens with zero attached hydrogens (tertiary/aromatic N) is 2. The normalized spacial score (nSPS) is 11.4. The van der Waals surface area contributed by atoms with Crippen molar-refractivity contribution in [3.8, 4) is 32.6 Å². The Kier molecular flexibility index (Phi) is 9.32. The summed E-state index contributed by atoms with van der Waals surface area (Å²) >= 11 is 1.58. The average Bonchev–Trinajstić information content (AvgIpc) is 3.30. The molecular weight excluding hydrogens is 404 g/mol. The molecule has 3 rings (SSSR count). The summed E-state index contributed by atoms with van der Waals surface area (Å²) in [4.78, 5) is 0. The van der Waals surface area contributed by atoms with E-state index in [0.717, 1.165) is 58.3 Å². The quantitative estimate of drug-likeness (QED) is 0.280. The number of allylic oxidation sites excluding steroid dienone is 2. The lowest BCUT2D eigenvalue weighted by atomic mass is 10.2. The molecule has 1 aromatic heterocycles. The van der Waals surface area contributed by atoms with Gasteiger partial charge in [-0.25, -0.2) is 0 Å². The van der Waals surface area contributed by atoms with Crippen molar-refractivity contribution in [3.05, 3.63) is 72.8 Å². The first-order valence-corrected chi connectivity index (χ1v) is 11.7. The van der Waals surface area contributed by atoms with Crippen molar-refractivity contribution in [1.82, 2.24) is 10.2 Å². The maximum atomic E-state index is 5.74. The molecule has 3 aromatic rings. The minimum absolute atomic E-state index is 0.594. The van der Waals surface area contributed by atoms with E-state index in [1.807, 2.05) is 48.5 Å². The number of aromatic nitrogens is 2. The minimum atomic E-state index is 0.594. The van der Waals surface area contributed by atoms with Crippen molar-refractivity contribution in [2.75, 3.05) is 13.2 Å². The Morgan fingerprint density at radius 1 is 0.645 bits per heavy atom.